The number of rotatable bonds is 6. The first-order valence-corrected chi connectivity index (χ1v) is 10.7. The molecule has 0 aromatic heterocycles. The highest BCUT2D eigenvalue weighted by Crippen LogP contribution is 2.25. The number of anilines is 1. The number of nitrogens with one attached hydrogen (secondary N) is 2. The first-order chi connectivity index (χ1) is 13.7. The summed E-state index contributed by atoms with van der Waals surface area (Å²) in [6, 6.07) is 16.9. The first kappa shape index (κ1) is 20.3. The molecule has 2 aromatic rings. The van der Waals surface area contributed by atoms with Crippen molar-refractivity contribution in [3.63, 3.8) is 0 Å². The summed E-state index contributed by atoms with van der Waals surface area (Å²) in [7, 11) is 0. The zero-order chi connectivity index (χ0) is 19.8. The lowest BCUT2D eigenvalue weighted by atomic mass is 9.92. The number of hydrogen-bond donors (Lipinski definition) is 2. The molecule has 1 aliphatic carbocycles. The van der Waals surface area contributed by atoms with Crippen LogP contribution in [0.1, 0.15) is 43.0 Å². The number of carbonyl (C=O) groups excluding carboxylic acids is 2. The average molecular weight is 399 g/mol. The molecule has 2 N–H and O–H groups in total. The number of amides is 2. The van der Waals surface area contributed by atoms with Gasteiger partial charge in [0.2, 0.25) is 0 Å². The third-order valence-electron chi connectivity index (χ3n) is 4.69. The van der Waals surface area contributed by atoms with Gasteiger partial charge in [-0.05, 0) is 49.3 Å². The predicted octanol–water partition coefficient (Wildman–Crippen LogP) is 5.09. The molecule has 1 saturated carbocycles. The number of benzene rings is 2. The molecule has 2 unspecified atom stereocenters. The molecule has 0 aliphatic heterocycles. The third-order valence-corrected chi connectivity index (χ3v) is 5.64. The van der Waals surface area contributed by atoms with Gasteiger partial charge in [0.15, 0.2) is 0 Å². The molecule has 0 heterocycles. The Morgan fingerprint density at radius 3 is 2.61 bits per heavy atom. The molecule has 6 heteroatoms. The van der Waals surface area contributed by atoms with Crippen molar-refractivity contribution in [2.75, 3.05) is 11.1 Å². The first-order valence-electron chi connectivity index (χ1n) is 9.71. The Hall–Kier alpha value is -2.47. The Balaban J connectivity index is 1.53. The second-order valence-electron chi connectivity index (χ2n) is 6.78. The number of ether oxygens (including phenoxy) is 1. The van der Waals surface area contributed by atoms with Crippen LogP contribution in [0.3, 0.4) is 0 Å². The van der Waals surface area contributed by atoms with Crippen LogP contribution < -0.4 is 10.6 Å². The maximum atomic E-state index is 12.7. The largest absolute Gasteiger partial charge is 0.446 e. The normalized spacial score (nSPS) is 18.9. The van der Waals surface area contributed by atoms with Gasteiger partial charge in [-0.3, -0.25) is 10.1 Å². The van der Waals surface area contributed by atoms with Gasteiger partial charge in [0.1, 0.15) is 6.10 Å². The summed E-state index contributed by atoms with van der Waals surface area (Å²) < 4.78 is 5.57. The van der Waals surface area contributed by atoms with Gasteiger partial charge in [-0.15, -0.1) is 11.8 Å². The minimum Gasteiger partial charge on any atom is -0.446 e. The van der Waals surface area contributed by atoms with Crippen LogP contribution in [0.4, 0.5) is 10.5 Å². The summed E-state index contributed by atoms with van der Waals surface area (Å²) in [6.45, 7) is 2.07. The predicted molar refractivity (Wildman–Crippen MR) is 113 cm³/mol. The molecule has 0 spiro atoms. The summed E-state index contributed by atoms with van der Waals surface area (Å²) in [6.07, 6.45) is 2.62. The van der Waals surface area contributed by atoms with Gasteiger partial charge in [-0.1, -0.05) is 37.3 Å². The lowest BCUT2D eigenvalue weighted by molar-refractivity contribution is 0.0711. The molecular formula is C22H26N2O3S. The van der Waals surface area contributed by atoms with Gasteiger partial charge in [-0.25, -0.2) is 4.79 Å². The molecule has 28 heavy (non-hydrogen) atoms. The molecule has 3 rings (SSSR count). The second-order valence-corrected chi connectivity index (χ2v) is 8.09. The van der Waals surface area contributed by atoms with Crippen LogP contribution in [0.15, 0.2) is 59.5 Å². The average Bonchev–Trinajstić information content (AvgIpc) is 2.69. The van der Waals surface area contributed by atoms with Crippen molar-refractivity contribution in [2.45, 2.75) is 49.6 Å². The molecule has 1 aliphatic rings. The molecule has 2 atom stereocenters. The topological polar surface area (TPSA) is 67.4 Å². The minimum atomic E-state index is -0.451. The van der Waals surface area contributed by atoms with Gasteiger partial charge in [0, 0.05) is 23.0 Å². The summed E-state index contributed by atoms with van der Waals surface area (Å²) in [4.78, 5) is 25.9. The summed E-state index contributed by atoms with van der Waals surface area (Å²) in [5.41, 5.74) is 1.41. The Kier molecular flexibility index (Phi) is 7.37. The Labute approximate surface area is 170 Å². The summed E-state index contributed by atoms with van der Waals surface area (Å²) in [5.74, 6) is 0.858. The van der Waals surface area contributed by atoms with E-state index in [0.717, 1.165) is 29.9 Å². The quantitative estimate of drug-likeness (QED) is 0.665. The van der Waals surface area contributed by atoms with Crippen LogP contribution in [0.25, 0.3) is 0 Å². The van der Waals surface area contributed by atoms with Crippen LogP contribution in [0, 0.1) is 0 Å². The van der Waals surface area contributed by atoms with E-state index in [4.69, 9.17) is 4.74 Å². The molecule has 5 nitrogen and oxygen atoms in total. The number of carbonyl (C=O) groups is 2. The SMILES string of the molecule is CCSc1ccccc1C(=O)NC1CCCC(OC(=O)Nc2ccccc2)C1. The molecule has 0 saturated heterocycles. The van der Waals surface area contributed by atoms with Crippen LogP contribution >= 0.6 is 11.8 Å². The van der Waals surface area contributed by atoms with E-state index in [1.54, 1.807) is 11.8 Å². The maximum absolute atomic E-state index is 12.7. The lowest BCUT2D eigenvalue weighted by Gasteiger charge is -2.29. The highest BCUT2D eigenvalue weighted by Gasteiger charge is 2.26. The lowest BCUT2D eigenvalue weighted by Crippen LogP contribution is -2.41. The fourth-order valence-electron chi connectivity index (χ4n) is 3.40. The Bertz CT molecular complexity index is 797. The van der Waals surface area contributed by atoms with Crippen LogP contribution in [-0.4, -0.2) is 29.9 Å². The van der Waals surface area contributed by atoms with Crippen molar-refractivity contribution < 1.29 is 14.3 Å². The van der Waals surface area contributed by atoms with Crippen molar-refractivity contribution in [2.24, 2.45) is 0 Å². The maximum Gasteiger partial charge on any atom is 0.411 e. The van der Waals surface area contributed by atoms with E-state index >= 15 is 0 Å². The van der Waals surface area contributed by atoms with Crippen LogP contribution in [-0.2, 0) is 4.74 Å². The van der Waals surface area contributed by atoms with E-state index in [2.05, 4.69) is 17.6 Å². The standard InChI is InChI=1S/C22H26N2O3S/c1-2-28-20-14-7-6-13-19(20)21(25)23-17-11-8-12-18(15-17)27-22(26)24-16-9-4-3-5-10-16/h3-7,9-10,13-14,17-18H,2,8,11-12,15H2,1H3,(H,23,25)(H,24,26). The Morgan fingerprint density at radius 2 is 1.82 bits per heavy atom. The highest BCUT2D eigenvalue weighted by atomic mass is 32.2. The van der Waals surface area contributed by atoms with E-state index in [1.165, 1.54) is 0 Å². The van der Waals surface area contributed by atoms with E-state index in [0.29, 0.717) is 17.7 Å². The second kappa shape index (κ2) is 10.2. The van der Waals surface area contributed by atoms with Crippen molar-refractivity contribution in [3.05, 3.63) is 60.2 Å². The highest BCUT2D eigenvalue weighted by molar-refractivity contribution is 7.99. The van der Waals surface area contributed by atoms with Crippen molar-refractivity contribution in [3.8, 4) is 0 Å². The molecule has 0 radical (unpaired) electrons. The zero-order valence-corrected chi connectivity index (χ0v) is 16.8. The van der Waals surface area contributed by atoms with Crippen LogP contribution in [0.5, 0.6) is 0 Å². The molecule has 2 amide bonds. The van der Waals surface area contributed by atoms with Gasteiger partial charge in [0.25, 0.3) is 5.91 Å². The Morgan fingerprint density at radius 1 is 1.07 bits per heavy atom. The molecular weight excluding hydrogens is 372 g/mol. The van der Waals surface area contributed by atoms with E-state index in [9.17, 15) is 9.59 Å². The number of thioether (sulfide) groups is 1. The van der Waals surface area contributed by atoms with Gasteiger partial charge < -0.3 is 10.1 Å². The molecule has 1 fully saturated rings. The number of hydrogen-bond acceptors (Lipinski definition) is 4. The van der Waals surface area contributed by atoms with E-state index in [1.807, 2.05) is 54.6 Å². The molecule has 148 valence electrons. The van der Waals surface area contributed by atoms with Gasteiger partial charge in [0.05, 0.1) is 5.56 Å². The third kappa shape index (κ3) is 5.76. The van der Waals surface area contributed by atoms with E-state index < -0.39 is 6.09 Å². The fraction of sp³-hybridized carbons (Fsp3) is 0.364. The monoisotopic (exact) mass is 398 g/mol. The van der Waals surface area contributed by atoms with Gasteiger partial charge >= 0.3 is 6.09 Å². The minimum absolute atomic E-state index is 0.00968. The smallest absolute Gasteiger partial charge is 0.411 e. The van der Waals surface area contributed by atoms with Crippen LogP contribution in [0.2, 0.25) is 0 Å². The molecule has 2 aromatic carbocycles. The molecule has 0 bridgehead atoms. The van der Waals surface area contributed by atoms with Crippen molar-refractivity contribution >= 4 is 29.4 Å². The van der Waals surface area contributed by atoms with Crippen molar-refractivity contribution in [1.82, 2.24) is 5.32 Å². The van der Waals surface area contributed by atoms with Crippen molar-refractivity contribution in [1.29, 1.82) is 0 Å². The summed E-state index contributed by atoms with van der Waals surface area (Å²) >= 11 is 1.66. The zero-order valence-electron chi connectivity index (χ0n) is 16.0. The number of para-hydroxylation sites is 1. The van der Waals surface area contributed by atoms with Gasteiger partial charge in [-0.2, -0.15) is 0 Å². The van der Waals surface area contributed by atoms with E-state index in [-0.39, 0.29) is 18.1 Å². The fourth-order valence-corrected chi connectivity index (χ4v) is 4.20. The summed E-state index contributed by atoms with van der Waals surface area (Å²) in [5, 5.41) is 5.86.